The molecule has 0 aromatic carbocycles. The lowest BCUT2D eigenvalue weighted by atomic mass is 9.47. The van der Waals surface area contributed by atoms with E-state index < -0.39 is 0 Å². The van der Waals surface area contributed by atoms with Crippen molar-refractivity contribution in [1.29, 1.82) is 0 Å². The molecule has 298 valence electrons. The summed E-state index contributed by atoms with van der Waals surface area (Å²) in [5, 5.41) is 0. The van der Waals surface area contributed by atoms with E-state index in [4.69, 9.17) is 14.2 Å². The Bertz CT molecular complexity index is 979. The molecule has 4 rings (SSSR count). The third kappa shape index (κ3) is 12.5. The zero-order chi connectivity index (χ0) is 36.7. The number of fused-ring (bicyclic) bond motifs is 5. The molecular formula is C47H87NO3. The molecule has 0 bridgehead atoms. The number of hydrogen-bond acceptors (Lipinski definition) is 4. The maximum Gasteiger partial charge on any atom is 0.0644 e. The van der Waals surface area contributed by atoms with E-state index in [2.05, 4.69) is 66.6 Å². The molecule has 0 aromatic rings. The lowest BCUT2D eigenvalue weighted by Gasteiger charge is -2.58. The minimum absolute atomic E-state index is 0.353. The van der Waals surface area contributed by atoms with Gasteiger partial charge >= 0.3 is 0 Å². The fourth-order valence-corrected chi connectivity index (χ4v) is 11.7. The van der Waals surface area contributed by atoms with E-state index in [-0.39, 0.29) is 0 Å². The molecule has 4 nitrogen and oxygen atoms in total. The summed E-state index contributed by atoms with van der Waals surface area (Å²) in [6, 6.07) is 0.353. The maximum absolute atomic E-state index is 6.57. The highest BCUT2D eigenvalue weighted by atomic mass is 16.5. The first kappa shape index (κ1) is 43.3. The predicted molar refractivity (Wildman–Crippen MR) is 218 cm³/mol. The van der Waals surface area contributed by atoms with Crippen molar-refractivity contribution in [2.45, 2.75) is 195 Å². The van der Waals surface area contributed by atoms with Gasteiger partial charge in [-0.15, -0.1) is 0 Å². The summed E-state index contributed by atoms with van der Waals surface area (Å²) in [6.07, 6.45) is 32.7. The van der Waals surface area contributed by atoms with Crippen LogP contribution in [0.1, 0.15) is 183 Å². The second-order valence-corrected chi connectivity index (χ2v) is 19.3. The number of likely N-dealkylation sites (N-methyl/N-ethyl adjacent to an activating group) is 1. The number of nitrogens with zero attached hydrogens (tertiary/aromatic N) is 1. The lowest BCUT2D eigenvalue weighted by molar-refractivity contribution is -0.0641. The number of rotatable bonds is 26. The van der Waals surface area contributed by atoms with Crippen LogP contribution in [0.25, 0.3) is 0 Å². The summed E-state index contributed by atoms with van der Waals surface area (Å²) in [5.74, 6) is 5.51. The summed E-state index contributed by atoms with van der Waals surface area (Å²) in [4.78, 5) is 2.25. The van der Waals surface area contributed by atoms with Crippen LogP contribution < -0.4 is 0 Å². The van der Waals surface area contributed by atoms with Crippen LogP contribution in [-0.4, -0.2) is 64.2 Å². The van der Waals surface area contributed by atoms with E-state index in [0.29, 0.717) is 23.0 Å². The Kier molecular flexibility index (Phi) is 18.9. The number of ether oxygens (including phenoxy) is 3. The second-order valence-electron chi connectivity index (χ2n) is 19.3. The van der Waals surface area contributed by atoms with Gasteiger partial charge in [0.1, 0.15) is 0 Å². The smallest absolute Gasteiger partial charge is 0.0644 e. The molecule has 51 heavy (non-hydrogen) atoms. The number of hydrogen-bond donors (Lipinski definition) is 0. The minimum atomic E-state index is 0.353. The summed E-state index contributed by atoms with van der Waals surface area (Å²) >= 11 is 0. The SMILES string of the molecule is CCCCCCCOCC(COCCCCCCCCO[C@H]1CC[C@@]2(C)C(=CC[C@H]3[C@@H]4CC[C@H]([C@H](C)CCCC(C)C)[C@@]4(C)CC[C@@H]32)C1)N(C)C. The Morgan fingerprint density at radius 1 is 0.725 bits per heavy atom. The molecule has 4 heteroatoms. The quantitative estimate of drug-likeness (QED) is 0.0659. The molecule has 0 aliphatic heterocycles. The fourth-order valence-electron chi connectivity index (χ4n) is 11.7. The highest BCUT2D eigenvalue weighted by Crippen LogP contribution is 2.67. The molecule has 0 heterocycles. The van der Waals surface area contributed by atoms with Gasteiger partial charge in [-0.1, -0.05) is 124 Å². The number of allylic oxidation sites excluding steroid dienone is 1. The van der Waals surface area contributed by atoms with Gasteiger partial charge in [0.15, 0.2) is 0 Å². The summed E-state index contributed by atoms with van der Waals surface area (Å²) in [6.45, 7) is 19.3. The fraction of sp³-hybridized carbons (Fsp3) is 0.957. The summed E-state index contributed by atoms with van der Waals surface area (Å²) in [5.41, 5.74) is 2.81. The van der Waals surface area contributed by atoms with Gasteiger partial charge in [0.25, 0.3) is 0 Å². The first-order valence-corrected chi connectivity index (χ1v) is 22.7. The summed E-state index contributed by atoms with van der Waals surface area (Å²) in [7, 11) is 4.28. The molecule has 4 aliphatic carbocycles. The van der Waals surface area contributed by atoms with E-state index in [0.717, 1.165) is 68.5 Å². The van der Waals surface area contributed by atoms with Crippen molar-refractivity contribution in [1.82, 2.24) is 4.90 Å². The zero-order valence-electron chi connectivity index (χ0n) is 35.5. The van der Waals surface area contributed by atoms with Gasteiger partial charge in [0.05, 0.1) is 25.4 Å². The van der Waals surface area contributed by atoms with Crippen LogP contribution in [0.5, 0.6) is 0 Å². The van der Waals surface area contributed by atoms with Crippen molar-refractivity contribution in [3.63, 3.8) is 0 Å². The average molecular weight is 714 g/mol. The second kappa shape index (κ2) is 22.2. The van der Waals surface area contributed by atoms with Crippen LogP contribution in [0.4, 0.5) is 0 Å². The van der Waals surface area contributed by atoms with Gasteiger partial charge in [-0.3, -0.25) is 0 Å². The van der Waals surface area contributed by atoms with Gasteiger partial charge in [-0.2, -0.15) is 0 Å². The Labute approximate surface area is 318 Å². The van der Waals surface area contributed by atoms with Crippen molar-refractivity contribution < 1.29 is 14.2 Å². The molecule has 0 amide bonds. The standard InChI is InChI=1S/C47H87NO3/c1-9-10-11-14-17-31-49-35-40(48(7)8)36-50-32-18-15-12-13-16-19-33-51-41-27-29-46(5)39(34-41)23-24-42-44-26-25-43(38(4)22-20-21-37(2)3)47(44,6)30-28-45(42)46/h23,37-38,40-45H,9-22,24-36H2,1-8H3/t38-,40?,41+,42+,43-,44+,45+,46+,47-/m1/s1. The van der Waals surface area contributed by atoms with Gasteiger partial charge in [-0.05, 0) is 131 Å². The molecule has 1 unspecified atom stereocenters. The van der Waals surface area contributed by atoms with E-state index in [1.807, 2.05) is 0 Å². The molecular weight excluding hydrogens is 627 g/mol. The summed E-state index contributed by atoms with van der Waals surface area (Å²) < 4.78 is 18.6. The van der Waals surface area contributed by atoms with Crippen molar-refractivity contribution in [2.75, 3.05) is 47.1 Å². The van der Waals surface area contributed by atoms with Crippen molar-refractivity contribution in [3.05, 3.63) is 11.6 Å². The lowest BCUT2D eigenvalue weighted by Crippen LogP contribution is -2.51. The van der Waals surface area contributed by atoms with Crippen LogP contribution in [0.15, 0.2) is 11.6 Å². The van der Waals surface area contributed by atoms with Crippen LogP contribution in [0.3, 0.4) is 0 Å². The van der Waals surface area contributed by atoms with Crippen LogP contribution in [-0.2, 0) is 14.2 Å². The first-order chi connectivity index (χ1) is 24.6. The van der Waals surface area contributed by atoms with Gasteiger partial charge in [-0.25, -0.2) is 0 Å². The van der Waals surface area contributed by atoms with Gasteiger partial charge in [0.2, 0.25) is 0 Å². The van der Waals surface area contributed by atoms with Crippen molar-refractivity contribution in [3.8, 4) is 0 Å². The Morgan fingerprint density at radius 3 is 2.02 bits per heavy atom. The largest absolute Gasteiger partial charge is 0.380 e. The third-order valence-electron chi connectivity index (χ3n) is 15.0. The van der Waals surface area contributed by atoms with E-state index in [1.54, 1.807) is 5.57 Å². The average Bonchev–Trinajstić information content (AvgIpc) is 3.46. The molecule has 9 atom stereocenters. The molecule has 0 saturated heterocycles. The number of unbranched alkanes of at least 4 members (excludes halogenated alkanes) is 9. The van der Waals surface area contributed by atoms with E-state index in [1.165, 1.54) is 141 Å². The first-order valence-electron chi connectivity index (χ1n) is 22.7. The molecule has 0 radical (unpaired) electrons. The monoisotopic (exact) mass is 714 g/mol. The van der Waals surface area contributed by atoms with E-state index in [9.17, 15) is 0 Å². The van der Waals surface area contributed by atoms with Gasteiger partial charge in [0, 0.05) is 19.8 Å². The zero-order valence-corrected chi connectivity index (χ0v) is 35.5. The molecule has 3 fully saturated rings. The predicted octanol–water partition coefficient (Wildman–Crippen LogP) is 12.7. The molecule has 3 saturated carbocycles. The van der Waals surface area contributed by atoms with Crippen LogP contribution in [0.2, 0.25) is 0 Å². The Morgan fingerprint density at radius 2 is 1.37 bits per heavy atom. The van der Waals surface area contributed by atoms with Crippen molar-refractivity contribution >= 4 is 0 Å². The van der Waals surface area contributed by atoms with Gasteiger partial charge < -0.3 is 19.1 Å². The highest BCUT2D eigenvalue weighted by Gasteiger charge is 2.59. The maximum atomic E-state index is 6.57. The highest BCUT2D eigenvalue weighted by molar-refractivity contribution is 5.25. The molecule has 0 aromatic heterocycles. The van der Waals surface area contributed by atoms with Crippen LogP contribution >= 0.6 is 0 Å². The normalized spacial score (nSPS) is 31.7. The third-order valence-corrected chi connectivity index (χ3v) is 15.0. The van der Waals surface area contributed by atoms with Crippen molar-refractivity contribution in [2.24, 2.45) is 46.3 Å². The Hall–Kier alpha value is -0.420. The molecule has 4 aliphatic rings. The minimum Gasteiger partial charge on any atom is -0.380 e. The Balaban J connectivity index is 1.06. The van der Waals surface area contributed by atoms with Crippen LogP contribution in [0, 0.1) is 46.3 Å². The molecule has 0 spiro atoms. The molecule has 0 N–H and O–H groups in total. The topological polar surface area (TPSA) is 30.9 Å². The van der Waals surface area contributed by atoms with E-state index >= 15 is 0 Å².